The van der Waals surface area contributed by atoms with E-state index in [2.05, 4.69) is 31.9 Å². The predicted octanol–water partition coefficient (Wildman–Crippen LogP) is 5.46. The first kappa shape index (κ1) is 15.3. The second-order valence-electron chi connectivity index (χ2n) is 4.03. The molecule has 104 valence electrons. The predicted molar refractivity (Wildman–Crippen MR) is 76.7 cm³/mol. The van der Waals surface area contributed by atoms with Crippen molar-refractivity contribution in [1.29, 1.82) is 0 Å². The highest BCUT2D eigenvalue weighted by Gasteiger charge is 2.31. The number of rotatable bonds is 2. The molecule has 2 aromatic rings. The van der Waals surface area contributed by atoms with E-state index in [-0.39, 0.29) is 5.56 Å². The van der Waals surface area contributed by atoms with E-state index >= 15 is 0 Å². The van der Waals surface area contributed by atoms with Crippen LogP contribution >= 0.6 is 31.9 Å². The van der Waals surface area contributed by atoms with Crippen molar-refractivity contribution in [2.75, 3.05) is 0 Å². The monoisotopic (exact) mass is 406 g/mol. The summed E-state index contributed by atoms with van der Waals surface area (Å²) >= 11 is 6.48. The maximum atomic E-state index is 12.6. The van der Waals surface area contributed by atoms with Crippen LogP contribution in [0.2, 0.25) is 0 Å². The Morgan fingerprint density at radius 1 is 1.00 bits per heavy atom. The van der Waals surface area contributed by atoms with E-state index in [1.165, 1.54) is 12.1 Å². The molecule has 2 aromatic carbocycles. The van der Waals surface area contributed by atoms with Crippen LogP contribution in [0.15, 0.2) is 51.4 Å². The van der Waals surface area contributed by atoms with Crippen molar-refractivity contribution in [3.63, 3.8) is 0 Å². The van der Waals surface area contributed by atoms with E-state index in [0.29, 0.717) is 10.0 Å². The van der Waals surface area contributed by atoms with Gasteiger partial charge in [-0.15, -0.1) is 0 Å². The van der Waals surface area contributed by atoms with Gasteiger partial charge in [0.2, 0.25) is 0 Å². The highest BCUT2D eigenvalue weighted by Crippen LogP contribution is 2.31. The molecule has 0 saturated heterocycles. The molecule has 0 fully saturated rings. The largest absolute Gasteiger partial charge is 0.416 e. The van der Waals surface area contributed by atoms with Crippen molar-refractivity contribution in [3.8, 4) is 0 Å². The van der Waals surface area contributed by atoms with Gasteiger partial charge in [-0.2, -0.15) is 13.2 Å². The lowest BCUT2D eigenvalue weighted by Crippen LogP contribution is -2.08. The molecule has 2 rings (SSSR count). The highest BCUT2D eigenvalue weighted by atomic mass is 79.9. The first-order valence-corrected chi connectivity index (χ1v) is 7.04. The quantitative estimate of drug-likeness (QED) is 0.604. The Hall–Kier alpha value is -1.14. The van der Waals surface area contributed by atoms with Gasteiger partial charge < -0.3 is 0 Å². The minimum Gasteiger partial charge on any atom is -0.289 e. The SMILES string of the molecule is O=C(c1cccc(C(F)(F)F)c1)c1ccc(Br)cc1Br. The van der Waals surface area contributed by atoms with Crippen LogP contribution in [0.25, 0.3) is 0 Å². The van der Waals surface area contributed by atoms with Crippen LogP contribution in [0.5, 0.6) is 0 Å². The normalized spacial score (nSPS) is 11.4. The van der Waals surface area contributed by atoms with Gasteiger partial charge in [0.25, 0.3) is 0 Å². The van der Waals surface area contributed by atoms with Crippen molar-refractivity contribution in [3.05, 3.63) is 68.1 Å². The average molecular weight is 408 g/mol. The van der Waals surface area contributed by atoms with Crippen LogP contribution in [-0.2, 0) is 6.18 Å². The fourth-order valence-corrected chi connectivity index (χ4v) is 2.89. The van der Waals surface area contributed by atoms with Crippen molar-refractivity contribution in [1.82, 2.24) is 0 Å². The maximum Gasteiger partial charge on any atom is 0.416 e. The molecule has 6 heteroatoms. The van der Waals surface area contributed by atoms with Crippen molar-refractivity contribution in [2.24, 2.45) is 0 Å². The summed E-state index contributed by atoms with van der Waals surface area (Å²) in [4.78, 5) is 12.2. The molecule has 0 amide bonds. The number of ketones is 1. The van der Waals surface area contributed by atoms with E-state index in [4.69, 9.17) is 0 Å². The molecular weight excluding hydrogens is 401 g/mol. The molecule has 0 bridgehead atoms. The maximum absolute atomic E-state index is 12.6. The second kappa shape index (κ2) is 5.69. The standard InChI is InChI=1S/C14H7Br2F3O/c15-10-4-5-11(12(16)7-10)13(20)8-2-1-3-9(6-8)14(17,18)19/h1-7H. The lowest BCUT2D eigenvalue weighted by atomic mass is 10.0. The summed E-state index contributed by atoms with van der Waals surface area (Å²) < 4.78 is 39.2. The minimum atomic E-state index is -4.47. The van der Waals surface area contributed by atoms with Gasteiger partial charge in [-0.05, 0) is 46.3 Å². The van der Waals surface area contributed by atoms with Gasteiger partial charge in [0.15, 0.2) is 5.78 Å². The minimum absolute atomic E-state index is 0.00264. The zero-order chi connectivity index (χ0) is 14.9. The molecule has 0 aliphatic carbocycles. The summed E-state index contributed by atoms with van der Waals surface area (Å²) in [5, 5.41) is 0. The summed E-state index contributed by atoms with van der Waals surface area (Å²) in [5.41, 5.74) is -0.521. The lowest BCUT2D eigenvalue weighted by Gasteiger charge is -2.09. The molecule has 0 radical (unpaired) electrons. The number of carbonyl (C=O) groups excluding carboxylic acids is 1. The molecule has 0 atom stereocenters. The molecular formula is C14H7Br2F3O. The molecule has 1 nitrogen and oxygen atoms in total. The summed E-state index contributed by atoms with van der Waals surface area (Å²) in [6.45, 7) is 0. The Morgan fingerprint density at radius 2 is 1.70 bits per heavy atom. The molecule has 0 N–H and O–H groups in total. The molecule has 0 aliphatic rings. The summed E-state index contributed by atoms with van der Waals surface area (Å²) in [5.74, 6) is -0.463. The van der Waals surface area contributed by atoms with Crippen LogP contribution < -0.4 is 0 Å². The van der Waals surface area contributed by atoms with E-state index in [1.54, 1.807) is 18.2 Å². The van der Waals surface area contributed by atoms with E-state index < -0.39 is 17.5 Å². The Labute approximate surface area is 130 Å². The van der Waals surface area contributed by atoms with Gasteiger partial charge in [-0.3, -0.25) is 4.79 Å². The average Bonchev–Trinajstić information content (AvgIpc) is 2.37. The number of alkyl halides is 3. The number of benzene rings is 2. The number of carbonyl (C=O) groups is 1. The Kier molecular flexibility index (Phi) is 4.34. The van der Waals surface area contributed by atoms with Crippen LogP contribution in [-0.4, -0.2) is 5.78 Å². The number of hydrogen-bond acceptors (Lipinski definition) is 1. The molecule has 20 heavy (non-hydrogen) atoms. The molecule has 0 aliphatic heterocycles. The van der Waals surface area contributed by atoms with Gasteiger partial charge in [0.1, 0.15) is 0 Å². The van der Waals surface area contributed by atoms with Crippen LogP contribution in [0.4, 0.5) is 13.2 Å². The van der Waals surface area contributed by atoms with Crippen molar-refractivity contribution < 1.29 is 18.0 Å². The number of hydrogen-bond donors (Lipinski definition) is 0. The molecule has 0 unspecified atom stereocenters. The third-order valence-corrected chi connectivity index (χ3v) is 3.78. The van der Waals surface area contributed by atoms with E-state index in [9.17, 15) is 18.0 Å². The molecule has 0 aromatic heterocycles. The fraction of sp³-hybridized carbons (Fsp3) is 0.0714. The van der Waals surface area contributed by atoms with Gasteiger partial charge >= 0.3 is 6.18 Å². The smallest absolute Gasteiger partial charge is 0.289 e. The Morgan fingerprint density at radius 3 is 2.30 bits per heavy atom. The second-order valence-corrected chi connectivity index (χ2v) is 5.80. The van der Waals surface area contributed by atoms with Crippen LogP contribution in [0.1, 0.15) is 21.5 Å². The molecule has 0 heterocycles. The Balaban J connectivity index is 2.44. The zero-order valence-corrected chi connectivity index (χ0v) is 13.0. The third-order valence-electron chi connectivity index (χ3n) is 2.63. The van der Waals surface area contributed by atoms with Gasteiger partial charge in [-0.25, -0.2) is 0 Å². The number of halogens is 5. The van der Waals surface area contributed by atoms with Crippen molar-refractivity contribution in [2.45, 2.75) is 6.18 Å². The Bertz CT molecular complexity index is 666. The van der Waals surface area contributed by atoms with E-state index in [0.717, 1.165) is 16.6 Å². The lowest BCUT2D eigenvalue weighted by molar-refractivity contribution is -0.137. The first-order valence-electron chi connectivity index (χ1n) is 5.46. The molecule has 0 spiro atoms. The van der Waals surface area contributed by atoms with Gasteiger partial charge in [0.05, 0.1) is 5.56 Å². The topological polar surface area (TPSA) is 17.1 Å². The van der Waals surface area contributed by atoms with E-state index in [1.807, 2.05) is 0 Å². The third kappa shape index (κ3) is 3.30. The first-order chi connectivity index (χ1) is 9.29. The highest BCUT2D eigenvalue weighted by molar-refractivity contribution is 9.11. The molecule has 0 saturated carbocycles. The van der Waals surface area contributed by atoms with Crippen LogP contribution in [0, 0.1) is 0 Å². The fourth-order valence-electron chi connectivity index (χ4n) is 1.67. The summed E-state index contributed by atoms with van der Waals surface area (Å²) in [7, 11) is 0. The summed E-state index contributed by atoms with van der Waals surface area (Å²) in [6, 6.07) is 9.27. The van der Waals surface area contributed by atoms with Gasteiger partial charge in [0, 0.05) is 20.1 Å². The van der Waals surface area contributed by atoms with Crippen molar-refractivity contribution >= 4 is 37.6 Å². The summed E-state index contributed by atoms with van der Waals surface area (Å²) in [6.07, 6.45) is -4.47. The van der Waals surface area contributed by atoms with Gasteiger partial charge in [-0.1, -0.05) is 28.1 Å². The van der Waals surface area contributed by atoms with Crippen LogP contribution in [0.3, 0.4) is 0 Å². The zero-order valence-electron chi connectivity index (χ0n) is 9.84.